The molecule has 5 heteroatoms. The fourth-order valence-electron chi connectivity index (χ4n) is 1.43. The van der Waals surface area contributed by atoms with Gasteiger partial charge in [-0.15, -0.1) is 0 Å². The van der Waals surface area contributed by atoms with Crippen LogP contribution in [0.15, 0.2) is 64.8 Å². The highest BCUT2D eigenvalue weighted by atomic mass is 16.1. The first kappa shape index (κ1) is 12.9. The van der Waals surface area contributed by atoms with Crippen molar-refractivity contribution in [2.24, 2.45) is 16.0 Å². The van der Waals surface area contributed by atoms with Crippen molar-refractivity contribution >= 4 is 23.0 Å². The van der Waals surface area contributed by atoms with Gasteiger partial charge in [-0.25, -0.2) is 0 Å². The van der Waals surface area contributed by atoms with Gasteiger partial charge in [0.15, 0.2) is 0 Å². The fourth-order valence-corrected chi connectivity index (χ4v) is 1.43. The molecule has 0 unspecified atom stereocenters. The Balaban J connectivity index is 2.03. The Labute approximate surface area is 111 Å². The number of nitrogens with two attached hydrogens (primary N) is 1. The van der Waals surface area contributed by atoms with Crippen LogP contribution in [0.4, 0.5) is 17.1 Å². The number of carbonyl (C=O) groups is 1. The van der Waals surface area contributed by atoms with Gasteiger partial charge in [-0.1, -0.05) is 18.2 Å². The number of hydrogen-bond donors (Lipinski definition) is 2. The Bertz CT molecular complexity index is 564. The standard InChI is InChI=1S/C14H14N4O/c15-10-14(19)16-11-6-8-13(9-7-11)18-17-12-4-2-1-3-5-12/h1-9H,10,15H2,(H,16,19). The molecule has 3 N–H and O–H groups in total. The van der Waals surface area contributed by atoms with E-state index in [1.54, 1.807) is 24.3 Å². The second kappa shape index (κ2) is 6.42. The molecule has 0 aliphatic rings. The predicted molar refractivity (Wildman–Crippen MR) is 74.7 cm³/mol. The molecule has 0 heterocycles. The van der Waals surface area contributed by atoms with Crippen LogP contribution in [0.2, 0.25) is 0 Å². The van der Waals surface area contributed by atoms with Crippen LogP contribution in [0.5, 0.6) is 0 Å². The first-order valence-corrected chi connectivity index (χ1v) is 5.85. The van der Waals surface area contributed by atoms with E-state index in [1.165, 1.54) is 0 Å². The van der Waals surface area contributed by atoms with Gasteiger partial charge in [0.2, 0.25) is 5.91 Å². The molecule has 0 aliphatic carbocycles. The van der Waals surface area contributed by atoms with Crippen LogP contribution in [-0.2, 0) is 4.79 Å². The van der Waals surface area contributed by atoms with E-state index >= 15 is 0 Å². The molecule has 2 aromatic rings. The Morgan fingerprint density at radius 1 is 0.947 bits per heavy atom. The molecule has 0 fully saturated rings. The number of anilines is 1. The van der Waals surface area contributed by atoms with Gasteiger partial charge in [-0.05, 0) is 36.4 Å². The number of nitrogens with zero attached hydrogens (tertiary/aromatic N) is 2. The molecule has 5 nitrogen and oxygen atoms in total. The minimum atomic E-state index is -0.223. The van der Waals surface area contributed by atoms with Crippen LogP contribution in [0.1, 0.15) is 0 Å². The van der Waals surface area contributed by atoms with Gasteiger partial charge in [0.25, 0.3) is 0 Å². The van der Waals surface area contributed by atoms with Crippen LogP contribution >= 0.6 is 0 Å². The van der Waals surface area contributed by atoms with E-state index < -0.39 is 0 Å². The summed E-state index contributed by atoms with van der Waals surface area (Å²) in [4.78, 5) is 11.1. The molecule has 0 aromatic heterocycles. The summed E-state index contributed by atoms with van der Waals surface area (Å²) in [6.45, 7) is -0.0323. The van der Waals surface area contributed by atoms with Crippen molar-refractivity contribution in [3.63, 3.8) is 0 Å². The van der Waals surface area contributed by atoms with E-state index in [0.29, 0.717) is 5.69 Å². The molecule has 0 bridgehead atoms. The summed E-state index contributed by atoms with van der Waals surface area (Å²) < 4.78 is 0. The van der Waals surface area contributed by atoms with Crippen molar-refractivity contribution in [1.82, 2.24) is 0 Å². The van der Waals surface area contributed by atoms with E-state index in [0.717, 1.165) is 11.4 Å². The highest BCUT2D eigenvalue weighted by Crippen LogP contribution is 2.19. The maximum Gasteiger partial charge on any atom is 0.238 e. The van der Waals surface area contributed by atoms with Gasteiger partial charge in [-0.3, -0.25) is 4.79 Å². The van der Waals surface area contributed by atoms with Crippen molar-refractivity contribution < 1.29 is 4.79 Å². The Hall–Kier alpha value is -2.53. The normalized spacial score (nSPS) is 10.6. The number of azo groups is 1. The lowest BCUT2D eigenvalue weighted by molar-refractivity contribution is -0.114. The molecule has 96 valence electrons. The van der Waals surface area contributed by atoms with E-state index in [-0.39, 0.29) is 12.5 Å². The second-order valence-electron chi connectivity index (χ2n) is 3.83. The molecule has 2 aromatic carbocycles. The van der Waals surface area contributed by atoms with Gasteiger partial charge in [0, 0.05) is 5.69 Å². The van der Waals surface area contributed by atoms with E-state index in [4.69, 9.17) is 5.73 Å². The zero-order valence-electron chi connectivity index (χ0n) is 10.3. The van der Waals surface area contributed by atoms with Crippen molar-refractivity contribution in [1.29, 1.82) is 0 Å². The Kier molecular flexibility index (Phi) is 4.36. The lowest BCUT2D eigenvalue weighted by atomic mass is 10.3. The summed E-state index contributed by atoms with van der Waals surface area (Å²) in [7, 11) is 0. The van der Waals surface area contributed by atoms with Crippen molar-refractivity contribution in [2.45, 2.75) is 0 Å². The minimum absolute atomic E-state index is 0.0323. The van der Waals surface area contributed by atoms with Gasteiger partial charge < -0.3 is 11.1 Å². The molecular formula is C14H14N4O. The number of carbonyl (C=O) groups excluding carboxylic acids is 1. The van der Waals surface area contributed by atoms with Gasteiger partial charge in [0.05, 0.1) is 17.9 Å². The van der Waals surface area contributed by atoms with E-state index in [1.807, 2.05) is 30.3 Å². The van der Waals surface area contributed by atoms with Crippen molar-refractivity contribution in [2.75, 3.05) is 11.9 Å². The summed E-state index contributed by atoms with van der Waals surface area (Å²) in [5.74, 6) is -0.223. The molecule has 0 saturated carbocycles. The Morgan fingerprint density at radius 2 is 1.53 bits per heavy atom. The lowest BCUT2D eigenvalue weighted by Crippen LogP contribution is -2.21. The first-order valence-electron chi connectivity index (χ1n) is 5.85. The predicted octanol–water partition coefficient (Wildman–Crippen LogP) is 3.00. The van der Waals surface area contributed by atoms with Crippen molar-refractivity contribution in [3.8, 4) is 0 Å². The number of nitrogens with one attached hydrogen (secondary N) is 1. The van der Waals surface area contributed by atoms with Crippen LogP contribution in [-0.4, -0.2) is 12.5 Å². The van der Waals surface area contributed by atoms with Crippen LogP contribution in [0.3, 0.4) is 0 Å². The summed E-state index contributed by atoms with van der Waals surface area (Å²) in [6.07, 6.45) is 0. The molecule has 2 rings (SSSR count). The highest BCUT2D eigenvalue weighted by molar-refractivity contribution is 5.92. The molecule has 0 atom stereocenters. The van der Waals surface area contributed by atoms with E-state index in [2.05, 4.69) is 15.5 Å². The molecule has 1 amide bonds. The largest absolute Gasteiger partial charge is 0.325 e. The van der Waals surface area contributed by atoms with Crippen LogP contribution in [0, 0.1) is 0 Å². The van der Waals surface area contributed by atoms with E-state index in [9.17, 15) is 4.79 Å². The van der Waals surface area contributed by atoms with Crippen molar-refractivity contribution in [3.05, 3.63) is 54.6 Å². The zero-order chi connectivity index (χ0) is 13.5. The average molecular weight is 254 g/mol. The topological polar surface area (TPSA) is 79.8 Å². The second-order valence-corrected chi connectivity index (χ2v) is 3.83. The molecule has 0 aliphatic heterocycles. The maximum absolute atomic E-state index is 11.1. The lowest BCUT2D eigenvalue weighted by Gasteiger charge is -2.02. The third-order valence-electron chi connectivity index (χ3n) is 2.37. The summed E-state index contributed by atoms with van der Waals surface area (Å²) in [5, 5.41) is 10.9. The number of benzene rings is 2. The molecule has 19 heavy (non-hydrogen) atoms. The number of hydrogen-bond acceptors (Lipinski definition) is 4. The maximum atomic E-state index is 11.1. The summed E-state index contributed by atoms with van der Waals surface area (Å²) in [6, 6.07) is 16.5. The first-order chi connectivity index (χ1) is 9.28. The molecule has 0 spiro atoms. The highest BCUT2D eigenvalue weighted by Gasteiger charge is 1.98. The summed E-state index contributed by atoms with van der Waals surface area (Å²) >= 11 is 0. The van der Waals surface area contributed by atoms with Gasteiger partial charge in [0.1, 0.15) is 0 Å². The average Bonchev–Trinajstić information content (AvgIpc) is 2.47. The monoisotopic (exact) mass is 254 g/mol. The fraction of sp³-hybridized carbons (Fsp3) is 0.0714. The van der Waals surface area contributed by atoms with Gasteiger partial charge in [-0.2, -0.15) is 10.2 Å². The smallest absolute Gasteiger partial charge is 0.238 e. The SMILES string of the molecule is NCC(=O)Nc1ccc(N=Nc2ccccc2)cc1. The quantitative estimate of drug-likeness (QED) is 0.822. The molecule has 0 radical (unpaired) electrons. The zero-order valence-corrected chi connectivity index (χ0v) is 10.3. The molecule has 0 saturated heterocycles. The Morgan fingerprint density at radius 3 is 2.11 bits per heavy atom. The third-order valence-corrected chi connectivity index (χ3v) is 2.37. The third kappa shape index (κ3) is 4.01. The van der Waals surface area contributed by atoms with Gasteiger partial charge >= 0.3 is 0 Å². The van der Waals surface area contributed by atoms with Crippen LogP contribution in [0.25, 0.3) is 0 Å². The van der Waals surface area contributed by atoms with Crippen LogP contribution < -0.4 is 11.1 Å². The minimum Gasteiger partial charge on any atom is -0.325 e. The summed E-state index contributed by atoms with van der Waals surface area (Å²) in [5.41, 5.74) is 7.42. The number of rotatable bonds is 4. The molecular weight excluding hydrogens is 240 g/mol. The number of amides is 1.